The third-order valence-corrected chi connectivity index (χ3v) is 2.66. The number of hydrogen-bond acceptors (Lipinski definition) is 2. The van der Waals surface area contributed by atoms with E-state index in [4.69, 9.17) is 5.73 Å². The Morgan fingerprint density at radius 2 is 2.25 bits per heavy atom. The van der Waals surface area contributed by atoms with Crippen LogP contribution in [0.25, 0.3) is 0 Å². The number of hydrogen-bond donors (Lipinski definition) is 2. The van der Waals surface area contributed by atoms with Crippen molar-refractivity contribution in [2.45, 2.75) is 25.3 Å². The molecule has 12 heavy (non-hydrogen) atoms. The van der Waals surface area contributed by atoms with Crippen LogP contribution in [0.1, 0.15) is 24.5 Å². The molecule has 0 radical (unpaired) electrons. The first kappa shape index (κ1) is 7.62. The number of fused-ring (bicyclic) bond motifs is 1. The molecule has 2 rings (SSSR count). The molecule has 0 bridgehead atoms. The predicted molar refractivity (Wildman–Crippen MR) is 48.0 cm³/mol. The highest BCUT2D eigenvalue weighted by atomic mass is 16.3. The van der Waals surface area contributed by atoms with Crippen molar-refractivity contribution < 1.29 is 5.11 Å². The fourth-order valence-electron chi connectivity index (χ4n) is 1.89. The molecule has 1 unspecified atom stereocenters. The minimum Gasteiger partial charge on any atom is -0.508 e. The number of phenols is 1. The Kier molecular flexibility index (Phi) is 1.42. The van der Waals surface area contributed by atoms with E-state index in [1.165, 1.54) is 0 Å². The van der Waals surface area contributed by atoms with Crippen LogP contribution in [-0.2, 0) is 12.0 Å². The van der Waals surface area contributed by atoms with Gasteiger partial charge in [0.2, 0.25) is 0 Å². The summed E-state index contributed by atoms with van der Waals surface area (Å²) in [5, 5.41) is 9.51. The van der Waals surface area contributed by atoms with Gasteiger partial charge in [-0.15, -0.1) is 0 Å². The molecule has 1 aromatic rings. The Balaban J connectivity index is 2.61. The first-order valence-electron chi connectivity index (χ1n) is 4.21. The quantitative estimate of drug-likeness (QED) is 0.609. The van der Waals surface area contributed by atoms with Crippen LogP contribution in [0, 0.1) is 0 Å². The van der Waals surface area contributed by atoms with E-state index in [0.29, 0.717) is 5.75 Å². The summed E-state index contributed by atoms with van der Waals surface area (Å²) in [5.41, 5.74) is 7.93. The lowest BCUT2D eigenvalue weighted by molar-refractivity contribution is 0.469. The largest absolute Gasteiger partial charge is 0.508 e. The topological polar surface area (TPSA) is 46.2 Å². The first-order chi connectivity index (χ1) is 5.61. The maximum Gasteiger partial charge on any atom is 0.119 e. The van der Waals surface area contributed by atoms with Crippen LogP contribution in [0.2, 0.25) is 0 Å². The smallest absolute Gasteiger partial charge is 0.119 e. The van der Waals surface area contributed by atoms with Crippen LogP contribution in [-0.4, -0.2) is 5.11 Å². The van der Waals surface area contributed by atoms with Crippen molar-refractivity contribution in [3.8, 4) is 5.75 Å². The molecule has 0 aliphatic heterocycles. The maximum atomic E-state index is 9.51. The Morgan fingerprint density at radius 1 is 1.50 bits per heavy atom. The highest BCUT2D eigenvalue weighted by molar-refractivity contribution is 5.46. The van der Waals surface area contributed by atoms with Gasteiger partial charge in [-0.3, -0.25) is 0 Å². The zero-order chi connectivity index (χ0) is 8.77. The zero-order valence-corrected chi connectivity index (χ0v) is 7.17. The van der Waals surface area contributed by atoms with Crippen LogP contribution < -0.4 is 5.73 Å². The third-order valence-electron chi connectivity index (χ3n) is 2.66. The summed E-state index contributed by atoms with van der Waals surface area (Å²) in [7, 11) is 0. The minimum atomic E-state index is -0.242. The fraction of sp³-hybridized carbons (Fsp3) is 0.400. The Labute approximate surface area is 72.0 Å². The van der Waals surface area contributed by atoms with E-state index in [-0.39, 0.29) is 5.54 Å². The SMILES string of the molecule is CC1(N)CCc2c(O)cccc21. The lowest BCUT2D eigenvalue weighted by atomic mass is 9.96. The van der Waals surface area contributed by atoms with Gasteiger partial charge in [-0.05, 0) is 37.0 Å². The normalized spacial score (nSPS) is 27.2. The van der Waals surface area contributed by atoms with Crippen LogP contribution in [0.4, 0.5) is 0 Å². The van der Waals surface area contributed by atoms with Gasteiger partial charge in [0, 0.05) is 5.54 Å². The molecule has 0 saturated heterocycles. The summed E-state index contributed by atoms with van der Waals surface area (Å²) in [6, 6.07) is 5.58. The van der Waals surface area contributed by atoms with Crippen molar-refractivity contribution >= 4 is 0 Å². The molecule has 0 aromatic heterocycles. The van der Waals surface area contributed by atoms with E-state index in [1.807, 2.05) is 19.1 Å². The molecule has 0 saturated carbocycles. The summed E-state index contributed by atoms with van der Waals surface area (Å²) in [6.45, 7) is 2.01. The van der Waals surface area contributed by atoms with Gasteiger partial charge in [0.15, 0.2) is 0 Å². The third kappa shape index (κ3) is 0.916. The average molecular weight is 163 g/mol. The van der Waals surface area contributed by atoms with Crippen molar-refractivity contribution in [3.63, 3.8) is 0 Å². The van der Waals surface area contributed by atoms with E-state index in [1.54, 1.807) is 6.07 Å². The molecule has 3 N–H and O–H groups in total. The standard InChI is InChI=1S/C10H13NO/c1-10(11)6-5-7-8(10)3-2-4-9(7)12/h2-4,12H,5-6,11H2,1H3. The Hall–Kier alpha value is -1.02. The Morgan fingerprint density at radius 3 is 2.92 bits per heavy atom. The minimum absolute atomic E-state index is 0.242. The molecule has 0 fully saturated rings. The van der Waals surface area contributed by atoms with Crippen LogP contribution >= 0.6 is 0 Å². The Bertz CT molecular complexity index is 318. The van der Waals surface area contributed by atoms with E-state index in [9.17, 15) is 5.11 Å². The van der Waals surface area contributed by atoms with Gasteiger partial charge in [-0.2, -0.15) is 0 Å². The number of benzene rings is 1. The summed E-state index contributed by atoms with van der Waals surface area (Å²) in [6.07, 6.45) is 1.83. The van der Waals surface area contributed by atoms with E-state index in [2.05, 4.69) is 0 Å². The van der Waals surface area contributed by atoms with Gasteiger partial charge in [0.1, 0.15) is 5.75 Å². The lowest BCUT2D eigenvalue weighted by Crippen LogP contribution is -2.29. The first-order valence-corrected chi connectivity index (χ1v) is 4.21. The van der Waals surface area contributed by atoms with E-state index in [0.717, 1.165) is 24.0 Å². The molecule has 1 aliphatic rings. The predicted octanol–water partition coefficient (Wildman–Crippen LogP) is 1.51. The average Bonchev–Trinajstić information content (AvgIpc) is 2.30. The highest BCUT2D eigenvalue weighted by Gasteiger charge is 2.31. The van der Waals surface area contributed by atoms with E-state index >= 15 is 0 Å². The zero-order valence-electron chi connectivity index (χ0n) is 7.17. The lowest BCUT2D eigenvalue weighted by Gasteiger charge is -2.18. The molecule has 64 valence electrons. The fourth-order valence-corrected chi connectivity index (χ4v) is 1.89. The molecule has 2 heteroatoms. The van der Waals surface area contributed by atoms with Gasteiger partial charge in [0.25, 0.3) is 0 Å². The maximum absolute atomic E-state index is 9.51. The second-order valence-electron chi connectivity index (χ2n) is 3.72. The number of rotatable bonds is 0. The molecule has 0 heterocycles. The second-order valence-corrected chi connectivity index (χ2v) is 3.72. The monoisotopic (exact) mass is 163 g/mol. The van der Waals surface area contributed by atoms with Gasteiger partial charge in [-0.25, -0.2) is 0 Å². The van der Waals surface area contributed by atoms with Crippen molar-refractivity contribution in [1.82, 2.24) is 0 Å². The number of aromatic hydroxyl groups is 1. The van der Waals surface area contributed by atoms with E-state index < -0.39 is 0 Å². The van der Waals surface area contributed by atoms with Gasteiger partial charge in [0.05, 0.1) is 0 Å². The van der Waals surface area contributed by atoms with Gasteiger partial charge in [-0.1, -0.05) is 12.1 Å². The second kappa shape index (κ2) is 2.23. The molecule has 1 aliphatic carbocycles. The summed E-state index contributed by atoms with van der Waals surface area (Å²) in [4.78, 5) is 0. The number of phenolic OH excluding ortho intramolecular Hbond substituents is 1. The molecular weight excluding hydrogens is 150 g/mol. The van der Waals surface area contributed by atoms with Crippen molar-refractivity contribution in [2.24, 2.45) is 5.73 Å². The molecule has 1 aromatic carbocycles. The van der Waals surface area contributed by atoms with Crippen LogP contribution in [0.3, 0.4) is 0 Å². The molecule has 1 atom stereocenters. The van der Waals surface area contributed by atoms with Gasteiger partial charge < -0.3 is 10.8 Å². The molecule has 2 nitrogen and oxygen atoms in total. The van der Waals surface area contributed by atoms with Crippen molar-refractivity contribution in [1.29, 1.82) is 0 Å². The van der Waals surface area contributed by atoms with Crippen molar-refractivity contribution in [3.05, 3.63) is 29.3 Å². The summed E-state index contributed by atoms with van der Waals surface area (Å²) in [5.74, 6) is 0.390. The molecule has 0 spiro atoms. The van der Waals surface area contributed by atoms with Gasteiger partial charge >= 0.3 is 0 Å². The summed E-state index contributed by atoms with van der Waals surface area (Å²) < 4.78 is 0. The molecule has 0 amide bonds. The number of nitrogens with two attached hydrogens (primary N) is 1. The van der Waals surface area contributed by atoms with Crippen LogP contribution in [0.15, 0.2) is 18.2 Å². The highest BCUT2D eigenvalue weighted by Crippen LogP contribution is 2.38. The van der Waals surface area contributed by atoms with Crippen LogP contribution in [0.5, 0.6) is 5.75 Å². The van der Waals surface area contributed by atoms with Crippen molar-refractivity contribution in [2.75, 3.05) is 0 Å². The summed E-state index contributed by atoms with van der Waals surface area (Å²) >= 11 is 0. The molecular formula is C10H13NO.